The summed E-state index contributed by atoms with van der Waals surface area (Å²) in [6.07, 6.45) is 3.88. The van der Waals surface area contributed by atoms with Gasteiger partial charge in [-0.15, -0.1) is 0 Å². The van der Waals surface area contributed by atoms with Crippen molar-refractivity contribution in [3.8, 4) is 0 Å². The van der Waals surface area contributed by atoms with Crippen molar-refractivity contribution >= 4 is 34.1 Å². The van der Waals surface area contributed by atoms with Crippen LogP contribution in [0.25, 0.3) is 10.9 Å². The highest BCUT2D eigenvalue weighted by Crippen LogP contribution is 2.30. The predicted molar refractivity (Wildman–Crippen MR) is 111 cm³/mol. The van der Waals surface area contributed by atoms with E-state index < -0.39 is 0 Å². The van der Waals surface area contributed by atoms with Gasteiger partial charge in [-0.2, -0.15) is 0 Å². The first-order valence-electron chi connectivity index (χ1n) is 9.49. The molecule has 0 unspecified atom stereocenters. The van der Waals surface area contributed by atoms with Crippen molar-refractivity contribution in [1.29, 1.82) is 0 Å². The molecule has 27 heavy (non-hydrogen) atoms. The second-order valence-electron chi connectivity index (χ2n) is 7.23. The number of likely N-dealkylation sites (tertiary alicyclic amines) is 1. The molecular formula is C22H24ClN3O. The summed E-state index contributed by atoms with van der Waals surface area (Å²) in [6, 6.07) is 15.9. The number of hydrogen-bond donors (Lipinski definition) is 1. The number of carbonyl (C=O) groups is 1. The Morgan fingerprint density at radius 2 is 1.85 bits per heavy atom. The van der Waals surface area contributed by atoms with E-state index >= 15 is 0 Å². The molecule has 0 spiro atoms. The molecule has 0 saturated carbocycles. The van der Waals surface area contributed by atoms with E-state index in [1.807, 2.05) is 48.0 Å². The van der Waals surface area contributed by atoms with Gasteiger partial charge in [0.2, 0.25) is 0 Å². The van der Waals surface area contributed by atoms with Crippen molar-refractivity contribution in [3.05, 3.63) is 64.8 Å². The second-order valence-corrected chi connectivity index (χ2v) is 7.61. The number of piperidine rings is 1. The second kappa shape index (κ2) is 7.75. The highest BCUT2D eigenvalue weighted by atomic mass is 35.5. The van der Waals surface area contributed by atoms with Gasteiger partial charge in [-0.3, -0.25) is 9.69 Å². The molecule has 1 saturated heterocycles. The van der Waals surface area contributed by atoms with Crippen LogP contribution in [0.2, 0.25) is 5.02 Å². The Hall–Kier alpha value is -2.30. The van der Waals surface area contributed by atoms with Crippen molar-refractivity contribution in [2.24, 2.45) is 7.05 Å². The van der Waals surface area contributed by atoms with Gasteiger partial charge in [0.25, 0.3) is 5.91 Å². The Balaban J connectivity index is 1.54. The number of aromatic nitrogens is 1. The smallest absolute Gasteiger partial charge is 0.273 e. The van der Waals surface area contributed by atoms with Crippen LogP contribution in [-0.2, 0) is 13.6 Å². The van der Waals surface area contributed by atoms with E-state index in [0.717, 1.165) is 36.2 Å². The Bertz CT molecular complexity index is 934. The van der Waals surface area contributed by atoms with Gasteiger partial charge in [-0.1, -0.05) is 48.4 Å². The highest BCUT2D eigenvalue weighted by molar-refractivity contribution is 6.39. The fourth-order valence-corrected chi connectivity index (χ4v) is 4.28. The maximum Gasteiger partial charge on any atom is 0.273 e. The van der Waals surface area contributed by atoms with Crippen molar-refractivity contribution in [1.82, 2.24) is 9.47 Å². The molecule has 2 heterocycles. The molecular weight excluding hydrogens is 358 g/mol. The largest absolute Gasteiger partial charge is 0.338 e. The summed E-state index contributed by atoms with van der Waals surface area (Å²) < 4.78 is 1.85. The molecule has 1 fully saturated rings. The molecule has 4 rings (SSSR count). The van der Waals surface area contributed by atoms with Crippen LogP contribution in [0.1, 0.15) is 35.3 Å². The third-order valence-electron chi connectivity index (χ3n) is 5.30. The van der Waals surface area contributed by atoms with Gasteiger partial charge in [0.1, 0.15) is 5.69 Å². The van der Waals surface area contributed by atoms with Gasteiger partial charge in [0.15, 0.2) is 0 Å². The molecule has 4 nitrogen and oxygen atoms in total. The van der Waals surface area contributed by atoms with Crippen LogP contribution in [-0.4, -0.2) is 28.5 Å². The standard InChI is InChI=1S/C22H24ClN3O/c1-25-19-11-4-3-10-18(19)20(23)21(25)22(27)24-17-9-7-8-16(14-17)15-26-12-5-2-6-13-26/h3-4,7-11,14H,2,5-6,12-13,15H2,1H3,(H,24,27). The van der Waals surface area contributed by atoms with E-state index in [0.29, 0.717) is 10.7 Å². The average molecular weight is 382 g/mol. The van der Waals surface area contributed by atoms with Crippen LogP contribution in [0.4, 0.5) is 5.69 Å². The molecule has 0 atom stereocenters. The summed E-state index contributed by atoms with van der Waals surface area (Å²) in [5.41, 5.74) is 3.46. The Morgan fingerprint density at radius 3 is 2.63 bits per heavy atom. The molecule has 0 aliphatic carbocycles. The monoisotopic (exact) mass is 381 g/mol. The number of amides is 1. The van der Waals surface area contributed by atoms with Crippen molar-refractivity contribution < 1.29 is 4.79 Å². The Kier molecular flexibility index (Phi) is 5.19. The topological polar surface area (TPSA) is 37.3 Å². The fraction of sp³-hybridized carbons (Fsp3) is 0.318. The third kappa shape index (κ3) is 3.73. The molecule has 2 aromatic carbocycles. The summed E-state index contributed by atoms with van der Waals surface area (Å²) in [5.74, 6) is -0.186. The fourth-order valence-electron chi connectivity index (χ4n) is 3.91. The lowest BCUT2D eigenvalue weighted by molar-refractivity contribution is 0.102. The molecule has 1 N–H and O–H groups in total. The number of fused-ring (bicyclic) bond motifs is 1. The number of anilines is 1. The first kappa shape index (κ1) is 18.1. The molecule has 1 amide bonds. The molecule has 5 heteroatoms. The lowest BCUT2D eigenvalue weighted by atomic mass is 10.1. The molecule has 3 aromatic rings. The Morgan fingerprint density at radius 1 is 1.07 bits per heavy atom. The average Bonchev–Trinajstić information content (AvgIpc) is 2.94. The van der Waals surface area contributed by atoms with Crippen LogP contribution in [0.15, 0.2) is 48.5 Å². The summed E-state index contributed by atoms with van der Waals surface area (Å²) >= 11 is 6.50. The zero-order valence-corrected chi connectivity index (χ0v) is 16.3. The van der Waals surface area contributed by atoms with Crippen LogP contribution in [0.3, 0.4) is 0 Å². The maximum atomic E-state index is 12.9. The van der Waals surface area contributed by atoms with Gasteiger partial charge in [-0.05, 0) is 49.7 Å². The van der Waals surface area contributed by atoms with E-state index in [-0.39, 0.29) is 5.91 Å². The van der Waals surface area contributed by atoms with Crippen LogP contribution < -0.4 is 5.32 Å². The highest BCUT2D eigenvalue weighted by Gasteiger charge is 2.20. The lowest BCUT2D eigenvalue weighted by Crippen LogP contribution is -2.29. The number of hydrogen-bond acceptors (Lipinski definition) is 2. The van der Waals surface area contributed by atoms with Crippen LogP contribution in [0, 0.1) is 0 Å². The zero-order valence-electron chi connectivity index (χ0n) is 15.5. The minimum atomic E-state index is -0.186. The van der Waals surface area contributed by atoms with Crippen molar-refractivity contribution in [3.63, 3.8) is 0 Å². The SMILES string of the molecule is Cn1c(C(=O)Nc2cccc(CN3CCCCC3)c2)c(Cl)c2ccccc21. The Labute approximate surface area is 164 Å². The lowest BCUT2D eigenvalue weighted by Gasteiger charge is -2.26. The molecule has 140 valence electrons. The number of benzene rings is 2. The zero-order chi connectivity index (χ0) is 18.8. The molecule has 1 aliphatic rings. The number of carbonyl (C=O) groups excluding carboxylic acids is 1. The maximum absolute atomic E-state index is 12.9. The summed E-state index contributed by atoms with van der Waals surface area (Å²) in [5, 5.41) is 4.41. The predicted octanol–water partition coefficient (Wildman–Crippen LogP) is 5.07. The summed E-state index contributed by atoms with van der Waals surface area (Å²) in [6.45, 7) is 3.24. The third-order valence-corrected chi connectivity index (χ3v) is 5.68. The number of para-hydroxylation sites is 1. The summed E-state index contributed by atoms with van der Waals surface area (Å²) in [7, 11) is 1.87. The summed E-state index contributed by atoms with van der Waals surface area (Å²) in [4.78, 5) is 15.4. The number of nitrogens with one attached hydrogen (secondary N) is 1. The molecule has 0 radical (unpaired) electrons. The minimum Gasteiger partial charge on any atom is -0.338 e. The van der Waals surface area contributed by atoms with Crippen molar-refractivity contribution in [2.45, 2.75) is 25.8 Å². The minimum absolute atomic E-state index is 0.186. The van der Waals surface area contributed by atoms with E-state index in [4.69, 9.17) is 11.6 Å². The normalized spacial score (nSPS) is 15.2. The van der Waals surface area contributed by atoms with Gasteiger partial charge in [0.05, 0.1) is 5.02 Å². The first-order chi connectivity index (χ1) is 13.1. The van der Waals surface area contributed by atoms with Gasteiger partial charge in [-0.25, -0.2) is 0 Å². The number of nitrogens with zero attached hydrogens (tertiary/aromatic N) is 2. The van der Waals surface area contributed by atoms with Gasteiger partial charge in [0, 0.05) is 30.2 Å². The van der Waals surface area contributed by atoms with E-state index in [1.54, 1.807) is 0 Å². The first-order valence-corrected chi connectivity index (χ1v) is 9.87. The quantitative estimate of drug-likeness (QED) is 0.685. The van der Waals surface area contributed by atoms with E-state index in [1.165, 1.54) is 24.8 Å². The van der Waals surface area contributed by atoms with Crippen LogP contribution >= 0.6 is 11.6 Å². The van der Waals surface area contributed by atoms with Crippen LogP contribution in [0.5, 0.6) is 0 Å². The molecule has 1 aromatic heterocycles. The van der Waals surface area contributed by atoms with Crippen molar-refractivity contribution in [2.75, 3.05) is 18.4 Å². The molecule has 1 aliphatic heterocycles. The van der Waals surface area contributed by atoms with E-state index in [2.05, 4.69) is 22.3 Å². The van der Waals surface area contributed by atoms with Gasteiger partial charge >= 0.3 is 0 Å². The number of aryl methyl sites for hydroxylation is 1. The number of rotatable bonds is 4. The van der Waals surface area contributed by atoms with Gasteiger partial charge < -0.3 is 9.88 Å². The molecule has 0 bridgehead atoms. The number of halogens is 1. The van der Waals surface area contributed by atoms with E-state index in [9.17, 15) is 4.79 Å².